The number of hydrogen-bond acceptors (Lipinski definition) is 4. The molecule has 1 N–H and O–H groups in total. The number of carbonyl (C=O) groups is 1. The summed E-state index contributed by atoms with van der Waals surface area (Å²) in [7, 11) is 0. The fourth-order valence-corrected chi connectivity index (χ4v) is 2.30. The lowest BCUT2D eigenvalue weighted by Gasteiger charge is -2.05. The molecular formula is C16H10N2O4. The number of nitro benzene ring substituents is 1. The molecule has 0 bridgehead atoms. The lowest BCUT2D eigenvalue weighted by molar-refractivity contribution is -0.383. The van der Waals surface area contributed by atoms with Gasteiger partial charge in [0.2, 0.25) is 0 Å². The van der Waals surface area contributed by atoms with Crippen LogP contribution in [0.5, 0.6) is 0 Å². The van der Waals surface area contributed by atoms with Crippen molar-refractivity contribution in [3.8, 4) is 11.3 Å². The topological polar surface area (TPSA) is 93.3 Å². The number of nitrogens with zero attached hydrogens (tertiary/aromatic N) is 2. The molecule has 0 aliphatic heterocycles. The molecule has 0 atom stereocenters. The first-order valence-electron chi connectivity index (χ1n) is 6.45. The number of benzene rings is 2. The fraction of sp³-hybridized carbons (Fsp3) is 0. The van der Waals surface area contributed by atoms with E-state index in [1.54, 1.807) is 12.1 Å². The Kier molecular flexibility index (Phi) is 3.27. The zero-order valence-electron chi connectivity index (χ0n) is 11.3. The van der Waals surface area contributed by atoms with Crippen molar-refractivity contribution in [3.05, 3.63) is 70.3 Å². The number of nitro groups is 1. The van der Waals surface area contributed by atoms with Crippen LogP contribution >= 0.6 is 0 Å². The molecule has 1 aromatic heterocycles. The minimum absolute atomic E-state index is 0.0752. The summed E-state index contributed by atoms with van der Waals surface area (Å²) in [5, 5.41) is 20.9. The summed E-state index contributed by atoms with van der Waals surface area (Å²) >= 11 is 0. The molecule has 108 valence electrons. The first kappa shape index (κ1) is 13.7. The van der Waals surface area contributed by atoms with Crippen LogP contribution in [0.3, 0.4) is 0 Å². The van der Waals surface area contributed by atoms with Crippen molar-refractivity contribution in [1.82, 2.24) is 4.98 Å². The van der Waals surface area contributed by atoms with E-state index >= 15 is 0 Å². The number of aromatic carboxylic acids is 1. The van der Waals surface area contributed by atoms with Crippen LogP contribution in [0.4, 0.5) is 5.69 Å². The SMILES string of the molecule is O=C(O)c1ccc2ccc(-c3ccccc3)nc2c1[N+](=O)[O-]. The molecule has 6 nitrogen and oxygen atoms in total. The van der Waals surface area contributed by atoms with Gasteiger partial charge in [-0.05, 0) is 12.1 Å². The van der Waals surface area contributed by atoms with Gasteiger partial charge >= 0.3 is 11.7 Å². The lowest BCUT2D eigenvalue weighted by Crippen LogP contribution is -2.04. The van der Waals surface area contributed by atoms with Gasteiger partial charge in [0.15, 0.2) is 0 Å². The first-order chi connectivity index (χ1) is 10.6. The predicted molar refractivity (Wildman–Crippen MR) is 80.8 cm³/mol. The zero-order valence-corrected chi connectivity index (χ0v) is 11.3. The van der Waals surface area contributed by atoms with Crippen molar-refractivity contribution >= 4 is 22.6 Å². The summed E-state index contributed by atoms with van der Waals surface area (Å²) in [5.74, 6) is -1.35. The third-order valence-electron chi connectivity index (χ3n) is 3.32. The van der Waals surface area contributed by atoms with Crippen molar-refractivity contribution in [2.75, 3.05) is 0 Å². The van der Waals surface area contributed by atoms with Gasteiger partial charge in [-0.3, -0.25) is 10.1 Å². The Morgan fingerprint density at radius 3 is 2.36 bits per heavy atom. The Bertz CT molecular complexity index is 891. The average Bonchev–Trinajstić information content (AvgIpc) is 2.53. The molecule has 6 heteroatoms. The molecule has 0 saturated heterocycles. The number of rotatable bonds is 3. The standard InChI is InChI=1S/C16H10N2O4/c19-16(20)12-8-6-11-7-9-13(10-4-2-1-3-5-10)17-14(11)15(12)18(21)22/h1-9H,(H,19,20). The number of aromatic nitrogens is 1. The number of carboxylic acid groups (broad SMARTS) is 1. The van der Waals surface area contributed by atoms with Gasteiger partial charge in [-0.2, -0.15) is 0 Å². The monoisotopic (exact) mass is 294 g/mol. The zero-order chi connectivity index (χ0) is 15.7. The van der Waals surface area contributed by atoms with E-state index in [0.29, 0.717) is 11.1 Å². The van der Waals surface area contributed by atoms with E-state index in [-0.39, 0.29) is 11.1 Å². The lowest BCUT2D eigenvalue weighted by atomic mass is 10.1. The minimum Gasteiger partial charge on any atom is -0.477 e. The second kappa shape index (κ2) is 5.25. The van der Waals surface area contributed by atoms with Crippen molar-refractivity contribution in [2.24, 2.45) is 0 Å². The Morgan fingerprint density at radius 1 is 1.05 bits per heavy atom. The minimum atomic E-state index is -1.35. The summed E-state index contributed by atoms with van der Waals surface area (Å²) in [6.45, 7) is 0. The summed E-state index contributed by atoms with van der Waals surface area (Å²) in [6.07, 6.45) is 0. The van der Waals surface area contributed by atoms with Crippen LogP contribution < -0.4 is 0 Å². The van der Waals surface area contributed by atoms with E-state index in [1.165, 1.54) is 12.1 Å². The van der Waals surface area contributed by atoms with Crippen LogP contribution in [-0.4, -0.2) is 21.0 Å². The second-order valence-electron chi connectivity index (χ2n) is 4.66. The van der Waals surface area contributed by atoms with Crippen molar-refractivity contribution in [3.63, 3.8) is 0 Å². The maximum atomic E-state index is 11.3. The summed E-state index contributed by atoms with van der Waals surface area (Å²) in [6, 6.07) is 15.4. The summed E-state index contributed by atoms with van der Waals surface area (Å²) < 4.78 is 0. The van der Waals surface area contributed by atoms with E-state index in [9.17, 15) is 14.9 Å². The Morgan fingerprint density at radius 2 is 1.73 bits per heavy atom. The highest BCUT2D eigenvalue weighted by Gasteiger charge is 2.24. The van der Waals surface area contributed by atoms with E-state index in [2.05, 4.69) is 4.98 Å². The number of pyridine rings is 1. The summed E-state index contributed by atoms with van der Waals surface area (Å²) in [5.41, 5.74) is 0.586. The van der Waals surface area contributed by atoms with Crippen molar-refractivity contribution in [2.45, 2.75) is 0 Å². The molecular weight excluding hydrogens is 284 g/mol. The smallest absolute Gasteiger partial charge is 0.342 e. The van der Waals surface area contributed by atoms with Gasteiger partial charge < -0.3 is 5.11 Å². The molecule has 3 rings (SSSR count). The van der Waals surface area contributed by atoms with Crippen molar-refractivity contribution < 1.29 is 14.8 Å². The highest BCUT2D eigenvalue weighted by molar-refractivity contribution is 6.01. The highest BCUT2D eigenvalue weighted by Crippen LogP contribution is 2.30. The van der Waals surface area contributed by atoms with E-state index < -0.39 is 16.6 Å². The number of carboxylic acids is 1. The highest BCUT2D eigenvalue weighted by atomic mass is 16.6. The molecule has 0 saturated carbocycles. The first-order valence-corrected chi connectivity index (χ1v) is 6.45. The van der Waals surface area contributed by atoms with Gasteiger partial charge in [-0.1, -0.05) is 42.5 Å². The van der Waals surface area contributed by atoms with Gasteiger partial charge in [-0.15, -0.1) is 0 Å². The maximum absolute atomic E-state index is 11.3. The van der Waals surface area contributed by atoms with Gasteiger partial charge in [0.25, 0.3) is 0 Å². The maximum Gasteiger partial charge on any atom is 0.342 e. The number of hydrogen-bond donors (Lipinski definition) is 1. The molecule has 2 aromatic carbocycles. The van der Waals surface area contributed by atoms with E-state index in [4.69, 9.17) is 5.11 Å². The van der Waals surface area contributed by atoms with Gasteiger partial charge in [0.05, 0.1) is 10.6 Å². The van der Waals surface area contributed by atoms with Crippen molar-refractivity contribution in [1.29, 1.82) is 0 Å². The van der Waals surface area contributed by atoms with E-state index in [1.807, 2.05) is 30.3 Å². The third kappa shape index (κ3) is 2.26. The Labute approximate surface area is 124 Å². The predicted octanol–water partition coefficient (Wildman–Crippen LogP) is 3.51. The van der Waals surface area contributed by atoms with Crippen LogP contribution in [0.15, 0.2) is 54.6 Å². The van der Waals surface area contributed by atoms with Crippen LogP contribution in [0, 0.1) is 10.1 Å². The number of fused-ring (bicyclic) bond motifs is 1. The average molecular weight is 294 g/mol. The Balaban J connectivity index is 2.32. The molecule has 0 amide bonds. The van der Waals surface area contributed by atoms with Crippen LogP contribution in [0.2, 0.25) is 0 Å². The van der Waals surface area contributed by atoms with Crippen LogP contribution in [0.1, 0.15) is 10.4 Å². The Hall–Kier alpha value is -3.28. The molecule has 0 aliphatic carbocycles. The largest absolute Gasteiger partial charge is 0.477 e. The fourth-order valence-electron chi connectivity index (χ4n) is 2.30. The van der Waals surface area contributed by atoms with Crippen LogP contribution in [0.25, 0.3) is 22.2 Å². The molecule has 0 aliphatic rings. The summed E-state index contributed by atoms with van der Waals surface area (Å²) in [4.78, 5) is 26.1. The second-order valence-corrected chi connectivity index (χ2v) is 4.66. The van der Waals surface area contributed by atoms with Crippen LogP contribution in [-0.2, 0) is 0 Å². The normalized spacial score (nSPS) is 10.5. The van der Waals surface area contributed by atoms with Gasteiger partial charge in [-0.25, -0.2) is 9.78 Å². The molecule has 22 heavy (non-hydrogen) atoms. The van der Waals surface area contributed by atoms with E-state index in [0.717, 1.165) is 5.56 Å². The molecule has 0 unspecified atom stereocenters. The molecule has 0 fully saturated rings. The molecule has 1 heterocycles. The molecule has 3 aromatic rings. The third-order valence-corrected chi connectivity index (χ3v) is 3.32. The quantitative estimate of drug-likeness (QED) is 0.589. The van der Waals surface area contributed by atoms with Gasteiger partial charge in [0.1, 0.15) is 11.1 Å². The molecule has 0 radical (unpaired) electrons. The molecule has 0 spiro atoms. The van der Waals surface area contributed by atoms with Gasteiger partial charge in [0, 0.05) is 10.9 Å².